The topological polar surface area (TPSA) is 60.0 Å². The monoisotopic (exact) mass is 372 g/mol. The van der Waals surface area contributed by atoms with E-state index in [4.69, 9.17) is 14.2 Å². The first-order valence-corrected chi connectivity index (χ1v) is 9.41. The van der Waals surface area contributed by atoms with Gasteiger partial charge >= 0.3 is 6.03 Å². The summed E-state index contributed by atoms with van der Waals surface area (Å²) < 4.78 is 16.3. The molecular formula is C21H28N2O4. The molecule has 27 heavy (non-hydrogen) atoms. The second-order valence-electron chi connectivity index (χ2n) is 6.67. The van der Waals surface area contributed by atoms with E-state index in [0.717, 1.165) is 23.1 Å². The molecule has 1 fully saturated rings. The molecule has 0 aliphatic carbocycles. The summed E-state index contributed by atoms with van der Waals surface area (Å²) in [5.41, 5.74) is 1.12. The number of benzene rings is 2. The number of urea groups is 1. The van der Waals surface area contributed by atoms with Crippen LogP contribution in [0.3, 0.4) is 0 Å². The number of carbonyl (C=O) groups excluding carboxylic acids is 1. The SMILES string of the molecule is COCCC1CN(C(=O)NCCc2c(OC)ccc3ccccc23)CCO1. The minimum Gasteiger partial charge on any atom is -0.496 e. The van der Waals surface area contributed by atoms with Gasteiger partial charge in [-0.3, -0.25) is 0 Å². The molecule has 1 aliphatic rings. The van der Waals surface area contributed by atoms with Gasteiger partial charge in [0.1, 0.15) is 5.75 Å². The molecule has 2 amide bonds. The number of hydrogen-bond acceptors (Lipinski definition) is 4. The molecule has 0 spiro atoms. The molecule has 0 radical (unpaired) electrons. The summed E-state index contributed by atoms with van der Waals surface area (Å²) in [5.74, 6) is 0.856. The van der Waals surface area contributed by atoms with E-state index in [1.54, 1.807) is 14.2 Å². The molecule has 146 valence electrons. The summed E-state index contributed by atoms with van der Waals surface area (Å²) in [6.45, 7) is 2.99. The summed E-state index contributed by atoms with van der Waals surface area (Å²) in [7, 11) is 3.36. The van der Waals surface area contributed by atoms with E-state index < -0.39 is 0 Å². The van der Waals surface area contributed by atoms with Crippen LogP contribution in [-0.4, -0.2) is 64.1 Å². The third-order valence-electron chi connectivity index (χ3n) is 4.94. The summed E-state index contributed by atoms with van der Waals surface area (Å²) >= 11 is 0. The molecule has 2 aromatic rings. The van der Waals surface area contributed by atoms with Crippen molar-refractivity contribution in [2.24, 2.45) is 0 Å². The lowest BCUT2D eigenvalue weighted by atomic mass is 10.0. The average Bonchev–Trinajstić information content (AvgIpc) is 2.72. The molecule has 0 bridgehead atoms. The Labute approximate surface area is 160 Å². The quantitative estimate of drug-likeness (QED) is 0.812. The number of fused-ring (bicyclic) bond motifs is 1. The van der Waals surface area contributed by atoms with Crippen LogP contribution in [0.4, 0.5) is 4.79 Å². The summed E-state index contributed by atoms with van der Waals surface area (Å²) in [6.07, 6.45) is 1.56. The van der Waals surface area contributed by atoms with Crippen molar-refractivity contribution in [3.63, 3.8) is 0 Å². The van der Waals surface area contributed by atoms with Crippen LogP contribution in [0.1, 0.15) is 12.0 Å². The maximum atomic E-state index is 12.5. The van der Waals surface area contributed by atoms with Crippen molar-refractivity contribution in [1.29, 1.82) is 0 Å². The number of ether oxygens (including phenoxy) is 3. The van der Waals surface area contributed by atoms with Crippen molar-refractivity contribution in [2.75, 3.05) is 47.1 Å². The second-order valence-corrected chi connectivity index (χ2v) is 6.67. The van der Waals surface area contributed by atoms with E-state index in [1.807, 2.05) is 23.1 Å². The molecule has 1 N–H and O–H groups in total. The Morgan fingerprint density at radius 2 is 2.11 bits per heavy atom. The van der Waals surface area contributed by atoms with Crippen LogP contribution in [0.2, 0.25) is 0 Å². The fourth-order valence-corrected chi connectivity index (χ4v) is 3.50. The van der Waals surface area contributed by atoms with Crippen molar-refractivity contribution in [2.45, 2.75) is 18.9 Å². The number of rotatable bonds is 7. The molecule has 1 saturated heterocycles. The zero-order valence-corrected chi connectivity index (χ0v) is 16.1. The highest BCUT2D eigenvalue weighted by Crippen LogP contribution is 2.28. The van der Waals surface area contributed by atoms with E-state index in [-0.39, 0.29) is 12.1 Å². The van der Waals surface area contributed by atoms with Gasteiger partial charge in [-0.1, -0.05) is 30.3 Å². The fraction of sp³-hybridized carbons (Fsp3) is 0.476. The lowest BCUT2D eigenvalue weighted by Gasteiger charge is -2.33. The van der Waals surface area contributed by atoms with Crippen molar-refractivity contribution in [3.05, 3.63) is 42.0 Å². The predicted octanol–water partition coefficient (Wildman–Crippen LogP) is 2.84. The smallest absolute Gasteiger partial charge is 0.317 e. The number of hydrogen-bond donors (Lipinski definition) is 1. The standard InChI is InChI=1S/C21H28N2O4/c1-25-13-10-17-15-23(12-14-27-17)21(24)22-11-9-19-18-6-4-3-5-16(18)7-8-20(19)26-2/h3-8,17H,9-15H2,1-2H3,(H,22,24). The lowest BCUT2D eigenvalue weighted by Crippen LogP contribution is -2.50. The van der Waals surface area contributed by atoms with Crippen molar-refractivity contribution in [1.82, 2.24) is 10.2 Å². The number of morpholine rings is 1. The Balaban J connectivity index is 1.58. The third kappa shape index (κ3) is 4.90. The second kappa shape index (κ2) is 9.58. The van der Waals surface area contributed by atoms with Gasteiger partial charge < -0.3 is 24.4 Å². The average molecular weight is 372 g/mol. The molecular weight excluding hydrogens is 344 g/mol. The van der Waals surface area contributed by atoms with E-state index in [9.17, 15) is 4.79 Å². The Morgan fingerprint density at radius 3 is 2.93 bits per heavy atom. The normalized spacial score (nSPS) is 17.1. The van der Waals surface area contributed by atoms with Gasteiger partial charge in [-0.25, -0.2) is 4.79 Å². The molecule has 2 aromatic carbocycles. The maximum absolute atomic E-state index is 12.5. The highest BCUT2D eigenvalue weighted by molar-refractivity contribution is 5.87. The first-order chi connectivity index (χ1) is 13.2. The summed E-state index contributed by atoms with van der Waals surface area (Å²) in [5, 5.41) is 5.38. The van der Waals surface area contributed by atoms with Gasteiger partial charge in [-0.15, -0.1) is 0 Å². The van der Waals surface area contributed by atoms with Gasteiger partial charge in [-0.2, -0.15) is 0 Å². The molecule has 0 aromatic heterocycles. The van der Waals surface area contributed by atoms with Crippen LogP contribution >= 0.6 is 0 Å². The van der Waals surface area contributed by atoms with Gasteiger partial charge in [-0.05, 0) is 29.7 Å². The molecule has 6 nitrogen and oxygen atoms in total. The van der Waals surface area contributed by atoms with Gasteiger partial charge in [0.15, 0.2) is 0 Å². The number of amides is 2. The van der Waals surface area contributed by atoms with E-state index in [0.29, 0.717) is 39.3 Å². The molecule has 1 unspecified atom stereocenters. The first kappa shape index (κ1) is 19.5. The Morgan fingerprint density at radius 1 is 1.26 bits per heavy atom. The van der Waals surface area contributed by atoms with Crippen molar-refractivity contribution < 1.29 is 19.0 Å². The van der Waals surface area contributed by atoms with Gasteiger partial charge in [0, 0.05) is 38.9 Å². The van der Waals surface area contributed by atoms with Crippen LogP contribution in [0.25, 0.3) is 10.8 Å². The van der Waals surface area contributed by atoms with Crippen molar-refractivity contribution >= 4 is 16.8 Å². The van der Waals surface area contributed by atoms with Crippen LogP contribution in [0.5, 0.6) is 5.75 Å². The first-order valence-electron chi connectivity index (χ1n) is 9.41. The Bertz CT molecular complexity index is 765. The maximum Gasteiger partial charge on any atom is 0.317 e. The minimum atomic E-state index is -0.0417. The number of nitrogens with zero attached hydrogens (tertiary/aromatic N) is 1. The zero-order valence-electron chi connectivity index (χ0n) is 16.1. The van der Waals surface area contributed by atoms with E-state index in [2.05, 4.69) is 23.5 Å². The Kier molecular flexibility index (Phi) is 6.90. The molecule has 1 heterocycles. The Hall–Kier alpha value is -2.31. The fourth-order valence-electron chi connectivity index (χ4n) is 3.50. The highest BCUT2D eigenvalue weighted by atomic mass is 16.5. The summed E-state index contributed by atoms with van der Waals surface area (Å²) in [4.78, 5) is 14.3. The van der Waals surface area contributed by atoms with Crippen LogP contribution < -0.4 is 10.1 Å². The minimum absolute atomic E-state index is 0.0417. The molecule has 1 atom stereocenters. The van der Waals surface area contributed by atoms with Crippen LogP contribution in [0, 0.1) is 0 Å². The van der Waals surface area contributed by atoms with E-state index >= 15 is 0 Å². The number of methoxy groups -OCH3 is 2. The van der Waals surface area contributed by atoms with E-state index in [1.165, 1.54) is 5.39 Å². The lowest BCUT2D eigenvalue weighted by molar-refractivity contribution is -0.0276. The molecule has 1 aliphatic heterocycles. The van der Waals surface area contributed by atoms with Crippen LogP contribution in [-0.2, 0) is 15.9 Å². The van der Waals surface area contributed by atoms with Gasteiger partial charge in [0.05, 0.1) is 19.8 Å². The zero-order chi connectivity index (χ0) is 19.1. The highest BCUT2D eigenvalue weighted by Gasteiger charge is 2.23. The third-order valence-corrected chi connectivity index (χ3v) is 4.94. The number of nitrogens with one attached hydrogen (secondary N) is 1. The molecule has 0 saturated carbocycles. The largest absolute Gasteiger partial charge is 0.496 e. The van der Waals surface area contributed by atoms with Crippen molar-refractivity contribution in [3.8, 4) is 5.75 Å². The van der Waals surface area contributed by atoms with Gasteiger partial charge in [0.2, 0.25) is 0 Å². The molecule has 3 rings (SSSR count). The summed E-state index contributed by atoms with van der Waals surface area (Å²) in [6, 6.07) is 12.2. The predicted molar refractivity (Wildman–Crippen MR) is 105 cm³/mol. The van der Waals surface area contributed by atoms with Crippen LogP contribution in [0.15, 0.2) is 36.4 Å². The number of carbonyl (C=O) groups is 1. The van der Waals surface area contributed by atoms with Gasteiger partial charge in [0.25, 0.3) is 0 Å². The molecule has 6 heteroatoms.